The first kappa shape index (κ1) is 26.4. The van der Waals surface area contributed by atoms with E-state index in [1.807, 2.05) is 6.92 Å². The first-order chi connectivity index (χ1) is 18.8. The molecule has 4 aromatic rings. The summed E-state index contributed by atoms with van der Waals surface area (Å²) in [6.45, 7) is 2.33. The molecular weight excluding hydrogens is 543 g/mol. The molecule has 11 nitrogen and oxygen atoms in total. The highest BCUT2D eigenvalue weighted by molar-refractivity contribution is 6.42. The molecule has 2 aromatic carbocycles. The number of rotatable bonds is 6. The highest BCUT2D eigenvalue weighted by Crippen LogP contribution is 2.26. The van der Waals surface area contributed by atoms with E-state index in [9.17, 15) is 14.4 Å². The Hall–Kier alpha value is -4.22. The molecule has 1 aliphatic rings. The maximum atomic E-state index is 13.8. The van der Waals surface area contributed by atoms with Crippen LogP contribution in [0.15, 0.2) is 53.6 Å². The second-order valence-electron chi connectivity index (χ2n) is 8.97. The number of aromatic nitrogens is 5. The standard InChI is InChI=1S/C26H24Cl2N8O3/c1-14(22-30-13-31-34-22)32-26-33-21-12-35(24(38)16-5-8-19(27)20(28)11-16)10-9-18(21)25(39)36(26)17-6-3-15(4-7-17)23(37)29-2/h3-8,11,13-14H,9-10,12H2,1-2H3,(H,29,37)(H,32,33)(H,30,31,34). The molecule has 5 rings (SSSR count). The quantitative estimate of drug-likeness (QED) is 0.325. The Morgan fingerprint density at radius 2 is 1.82 bits per heavy atom. The molecule has 0 saturated carbocycles. The summed E-state index contributed by atoms with van der Waals surface area (Å²) in [4.78, 5) is 49.7. The van der Waals surface area contributed by atoms with Gasteiger partial charge in [0.05, 0.1) is 34.0 Å². The third-order valence-corrected chi connectivity index (χ3v) is 7.23. The van der Waals surface area contributed by atoms with Crippen LogP contribution >= 0.6 is 23.2 Å². The van der Waals surface area contributed by atoms with Crippen LogP contribution in [-0.4, -0.2) is 55.0 Å². The van der Waals surface area contributed by atoms with Crippen LogP contribution in [0.4, 0.5) is 5.95 Å². The molecule has 0 spiro atoms. The van der Waals surface area contributed by atoms with Gasteiger partial charge in [0.15, 0.2) is 0 Å². The molecule has 0 bridgehead atoms. The second-order valence-corrected chi connectivity index (χ2v) is 9.78. The molecule has 1 atom stereocenters. The Morgan fingerprint density at radius 3 is 2.49 bits per heavy atom. The van der Waals surface area contributed by atoms with Crippen molar-refractivity contribution < 1.29 is 9.59 Å². The zero-order valence-corrected chi connectivity index (χ0v) is 22.5. The number of hydrogen-bond acceptors (Lipinski definition) is 7. The van der Waals surface area contributed by atoms with Crippen molar-refractivity contribution in [3.63, 3.8) is 0 Å². The lowest BCUT2D eigenvalue weighted by molar-refractivity contribution is 0.0731. The predicted octanol–water partition coefficient (Wildman–Crippen LogP) is 3.39. The molecule has 39 heavy (non-hydrogen) atoms. The summed E-state index contributed by atoms with van der Waals surface area (Å²) in [6.07, 6.45) is 1.72. The minimum atomic E-state index is -0.369. The predicted molar refractivity (Wildman–Crippen MR) is 147 cm³/mol. The van der Waals surface area contributed by atoms with Crippen molar-refractivity contribution in [2.45, 2.75) is 25.9 Å². The number of nitrogens with zero attached hydrogens (tertiary/aromatic N) is 5. The fourth-order valence-electron chi connectivity index (χ4n) is 4.40. The molecule has 0 saturated heterocycles. The molecule has 2 aromatic heterocycles. The molecule has 3 heterocycles. The molecule has 0 fully saturated rings. The van der Waals surface area contributed by atoms with Crippen LogP contribution in [0.3, 0.4) is 0 Å². The molecule has 2 amide bonds. The van der Waals surface area contributed by atoms with Crippen molar-refractivity contribution in [2.75, 3.05) is 18.9 Å². The van der Waals surface area contributed by atoms with Crippen molar-refractivity contribution >= 4 is 41.0 Å². The van der Waals surface area contributed by atoms with Crippen LogP contribution in [0.1, 0.15) is 50.8 Å². The van der Waals surface area contributed by atoms with Crippen molar-refractivity contribution in [3.05, 3.63) is 97.4 Å². The van der Waals surface area contributed by atoms with Gasteiger partial charge in [0.25, 0.3) is 17.4 Å². The first-order valence-corrected chi connectivity index (χ1v) is 12.9. The fourth-order valence-corrected chi connectivity index (χ4v) is 4.70. The van der Waals surface area contributed by atoms with E-state index in [1.165, 1.54) is 17.0 Å². The van der Waals surface area contributed by atoms with Crippen molar-refractivity contribution in [1.29, 1.82) is 0 Å². The smallest absolute Gasteiger partial charge is 0.263 e. The number of carbonyl (C=O) groups is 2. The van der Waals surface area contributed by atoms with Gasteiger partial charge < -0.3 is 15.5 Å². The highest BCUT2D eigenvalue weighted by Gasteiger charge is 2.28. The average Bonchev–Trinajstić information content (AvgIpc) is 3.49. The van der Waals surface area contributed by atoms with Gasteiger partial charge in [-0.15, -0.1) is 0 Å². The van der Waals surface area contributed by atoms with E-state index in [0.717, 1.165) is 0 Å². The molecule has 0 radical (unpaired) electrons. The van der Waals surface area contributed by atoms with Gasteiger partial charge in [-0.05, 0) is 55.8 Å². The van der Waals surface area contributed by atoms with Crippen molar-refractivity contribution in [2.24, 2.45) is 0 Å². The largest absolute Gasteiger partial charge is 0.355 e. The zero-order chi connectivity index (χ0) is 27.7. The number of hydrogen-bond donors (Lipinski definition) is 3. The van der Waals surface area contributed by atoms with Gasteiger partial charge >= 0.3 is 0 Å². The summed E-state index contributed by atoms with van der Waals surface area (Å²) in [5, 5.41) is 13.2. The van der Waals surface area contributed by atoms with Crippen LogP contribution < -0.4 is 16.2 Å². The van der Waals surface area contributed by atoms with E-state index in [0.29, 0.717) is 51.9 Å². The average molecular weight is 567 g/mol. The first-order valence-electron chi connectivity index (χ1n) is 12.1. The lowest BCUT2D eigenvalue weighted by Crippen LogP contribution is -2.41. The molecule has 1 unspecified atom stereocenters. The number of anilines is 1. The third kappa shape index (κ3) is 5.23. The SMILES string of the molecule is CNC(=O)c1ccc(-n2c(NC(C)c3ncn[nH]3)nc3c(c2=O)CCN(C(=O)c2ccc(Cl)c(Cl)c2)C3)cc1. The highest BCUT2D eigenvalue weighted by atomic mass is 35.5. The summed E-state index contributed by atoms with van der Waals surface area (Å²) >= 11 is 12.1. The van der Waals surface area contributed by atoms with Gasteiger partial charge in [-0.1, -0.05) is 23.2 Å². The molecule has 1 aliphatic heterocycles. The Kier molecular flexibility index (Phi) is 7.36. The van der Waals surface area contributed by atoms with Crippen LogP contribution in [0.25, 0.3) is 5.69 Å². The zero-order valence-electron chi connectivity index (χ0n) is 21.0. The van der Waals surface area contributed by atoms with Crippen LogP contribution in [0.2, 0.25) is 10.0 Å². The number of H-pyrrole nitrogens is 1. The van der Waals surface area contributed by atoms with Crippen LogP contribution in [0.5, 0.6) is 0 Å². The maximum Gasteiger partial charge on any atom is 0.263 e. The van der Waals surface area contributed by atoms with Gasteiger partial charge in [-0.25, -0.2) is 14.5 Å². The summed E-state index contributed by atoms with van der Waals surface area (Å²) in [5.74, 6) is 0.347. The minimum Gasteiger partial charge on any atom is -0.355 e. The number of nitrogens with one attached hydrogen (secondary N) is 3. The van der Waals surface area contributed by atoms with E-state index in [4.69, 9.17) is 28.2 Å². The maximum absolute atomic E-state index is 13.8. The fraction of sp³-hybridized carbons (Fsp3) is 0.231. The number of aromatic amines is 1. The van der Waals surface area contributed by atoms with Gasteiger partial charge in [0.2, 0.25) is 5.95 Å². The minimum absolute atomic E-state index is 0.144. The monoisotopic (exact) mass is 566 g/mol. The summed E-state index contributed by atoms with van der Waals surface area (Å²) in [6, 6.07) is 11.0. The Labute approximate surface area is 233 Å². The van der Waals surface area contributed by atoms with Crippen molar-refractivity contribution in [3.8, 4) is 5.69 Å². The van der Waals surface area contributed by atoms with Crippen LogP contribution in [-0.2, 0) is 13.0 Å². The van der Waals surface area contributed by atoms with E-state index in [1.54, 1.807) is 48.3 Å². The van der Waals surface area contributed by atoms with E-state index in [-0.39, 0.29) is 40.9 Å². The topological polar surface area (TPSA) is 138 Å². The Bertz CT molecular complexity index is 1600. The summed E-state index contributed by atoms with van der Waals surface area (Å²) in [7, 11) is 1.55. The molecule has 13 heteroatoms. The lowest BCUT2D eigenvalue weighted by Gasteiger charge is -2.29. The van der Waals surface area contributed by atoms with Gasteiger partial charge in [-0.3, -0.25) is 19.5 Å². The number of amides is 2. The number of carbonyl (C=O) groups excluding carboxylic acids is 2. The van der Waals surface area contributed by atoms with Crippen LogP contribution in [0, 0.1) is 0 Å². The normalized spacial score (nSPS) is 13.5. The lowest BCUT2D eigenvalue weighted by atomic mass is 10.0. The van der Waals surface area contributed by atoms with Gasteiger partial charge in [0.1, 0.15) is 12.2 Å². The Morgan fingerprint density at radius 1 is 1.08 bits per heavy atom. The third-order valence-electron chi connectivity index (χ3n) is 6.49. The second kappa shape index (κ2) is 10.9. The van der Waals surface area contributed by atoms with E-state index >= 15 is 0 Å². The number of fused-ring (bicyclic) bond motifs is 1. The van der Waals surface area contributed by atoms with E-state index in [2.05, 4.69) is 25.8 Å². The van der Waals surface area contributed by atoms with Crippen molar-refractivity contribution in [1.82, 2.24) is 34.9 Å². The Balaban J connectivity index is 1.54. The summed E-state index contributed by atoms with van der Waals surface area (Å²) < 4.78 is 1.47. The van der Waals surface area contributed by atoms with Gasteiger partial charge in [0, 0.05) is 30.3 Å². The van der Waals surface area contributed by atoms with E-state index < -0.39 is 0 Å². The molecule has 3 N–H and O–H groups in total. The van der Waals surface area contributed by atoms with Gasteiger partial charge in [-0.2, -0.15) is 5.10 Å². The molecule has 200 valence electrons. The number of benzene rings is 2. The molecule has 0 aliphatic carbocycles. The summed E-state index contributed by atoms with van der Waals surface area (Å²) in [5.41, 5.74) is 2.13. The molecular formula is C26H24Cl2N8O3. The number of halogens is 2.